The minimum absolute atomic E-state index is 0.0923. The Morgan fingerprint density at radius 3 is 1.32 bits per heavy atom. The molecule has 0 amide bonds. The van der Waals surface area contributed by atoms with E-state index in [9.17, 15) is 9.59 Å². The van der Waals surface area contributed by atoms with Gasteiger partial charge in [-0.3, -0.25) is 9.59 Å². The van der Waals surface area contributed by atoms with E-state index in [-0.39, 0.29) is 34.6 Å². The summed E-state index contributed by atoms with van der Waals surface area (Å²) in [6.45, 7) is 0. The molecule has 22 heavy (non-hydrogen) atoms. The molecule has 0 aliphatic carbocycles. The van der Waals surface area contributed by atoms with Crippen molar-refractivity contribution in [2.24, 2.45) is 0 Å². The van der Waals surface area contributed by atoms with E-state index in [1.807, 2.05) is 0 Å². The zero-order valence-corrected chi connectivity index (χ0v) is 13.2. The lowest BCUT2D eigenvalue weighted by Gasteiger charge is -2.02. The number of hydrogen-bond donors (Lipinski definition) is 2. The summed E-state index contributed by atoms with van der Waals surface area (Å²) in [7, 11) is 0. The maximum absolute atomic E-state index is 11.8. The van der Waals surface area contributed by atoms with Crippen LogP contribution in [0.25, 0.3) is 0 Å². The second-order valence-corrected chi connectivity index (χ2v) is 6.70. The number of phenols is 2. The van der Waals surface area contributed by atoms with Gasteiger partial charge in [0.05, 0.1) is 0 Å². The molecule has 0 aromatic heterocycles. The number of carbonyl (C=O) groups is 2. The molecule has 0 aliphatic rings. The summed E-state index contributed by atoms with van der Waals surface area (Å²) in [5.74, 6) is 0.301. The van der Waals surface area contributed by atoms with Crippen molar-refractivity contribution < 1.29 is 19.8 Å². The van der Waals surface area contributed by atoms with Gasteiger partial charge in [-0.25, -0.2) is 0 Å². The lowest BCUT2D eigenvalue weighted by Crippen LogP contribution is -1.97. The SMILES string of the molecule is O=C(CCC(=O)Sc1ccc(O)cc1)Sc1ccc(O)cc1. The maximum Gasteiger partial charge on any atom is 0.194 e. The van der Waals surface area contributed by atoms with Gasteiger partial charge in [0.2, 0.25) is 0 Å². The van der Waals surface area contributed by atoms with Crippen molar-refractivity contribution in [2.45, 2.75) is 22.6 Å². The molecule has 0 bridgehead atoms. The van der Waals surface area contributed by atoms with Crippen LogP contribution in [0.4, 0.5) is 0 Å². The number of carbonyl (C=O) groups excluding carboxylic acids is 2. The van der Waals surface area contributed by atoms with E-state index in [0.717, 1.165) is 33.3 Å². The quantitative estimate of drug-likeness (QED) is 0.810. The molecule has 0 heterocycles. The van der Waals surface area contributed by atoms with Crippen LogP contribution in [0, 0.1) is 0 Å². The molecule has 0 saturated heterocycles. The van der Waals surface area contributed by atoms with E-state index in [4.69, 9.17) is 10.2 Å². The molecule has 0 spiro atoms. The van der Waals surface area contributed by atoms with Crippen LogP contribution in [0.2, 0.25) is 0 Å². The number of hydrogen-bond acceptors (Lipinski definition) is 6. The van der Waals surface area contributed by atoms with Crippen LogP contribution in [0.5, 0.6) is 11.5 Å². The van der Waals surface area contributed by atoms with Crippen molar-refractivity contribution in [1.82, 2.24) is 0 Å². The zero-order valence-electron chi connectivity index (χ0n) is 11.6. The van der Waals surface area contributed by atoms with Crippen molar-refractivity contribution in [1.29, 1.82) is 0 Å². The van der Waals surface area contributed by atoms with Gasteiger partial charge in [-0.1, -0.05) is 23.5 Å². The largest absolute Gasteiger partial charge is 0.508 e. The maximum atomic E-state index is 11.8. The van der Waals surface area contributed by atoms with Crippen molar-refractivity contribution in [3.8, 4) is 11.5 Å². The number of aromatic hydroxyl groups is 2. The minimum Gasteiger partial charge on any atom is -0.508 e. The Morgan fingerprint density at radius 2 is 1.00 bits per heavy atom. The van der Waals surface area contributed by atoms with Gasteiger partial charge < -0.3 is 10.2 Å². The second kappa shape index (κ2) is 7.91. The lowest BCUT2D eigenvalue weighted by atomic mass is 10.3. The Labute approximate surface area is 136 Å². The molecule has 2 aromatic carbocycles. The van der Waals surface area contributed by atoms with Gasteiger partial charge in [0.25, 0.3) is 0 Å². The average molecular weight is 334 g/mol. The molecular formula is C16H14O4S2. The van der Waals surface area contributed by atoms with Gasteiger partial charge in [-0.05, 0) is 48.5 Å². The molecule has 0 aliphatic heterocycles. The molecule has 114 valence electrons. The van der Waals surface area contributed by atoms with Gasteiger partial charge in [-0.2, -0.15) is 0 Å². The number of phenolic OH excluding ortho intramolecular Hbond substituents is 2. The number of benzene rings is 2. The van der Waals surface area contributed by atoms with Crippen LogP contribution in [-0.4, -0.2) is 20.4 Å². The van der Waals surface area contributed by atoms with Crippen molar-refractivity contribution in [2.75, 3.05) is 0 Å². The first kappa shape index (κ1) is 16.5. The van der Waals surface area contributed by atoms with Gasteiger partial charge in [0.15, 0.2) is 10.2 Å². The fourth-order valence-corrected chi connectivity index (χ4v) is 3.08. The summed E-state index contributed by atoms with van der Waals surface area (Å²) in [5, 5.41) is 18.1. The van der Waals surface area contributed by atoms with Crippen molar-refractivity contribution in [3.05, 3.63) is 48.5 Å². The minimum atomic E-state index is -0.0923. The van der Waals surface area contributed by atoms with E-state index in [0.29, 0.717) is 0 Å². The van der Waals surface area contributed by atoms with E-state index in [2.05, 4.69) is 0 Å². The summed E-state index contributed by atoms with van der Waals surface area (Å²) in [6, 6.07) is 12.7. The van der Waals surface area contributed by atoms with Gasteiger partial charge >= 0.3 is 0 Å². The van der Waals surface area contributed by atoms with Crippen LogP contribution in [-0.2, 0) is 9.59 Å². The molecule has 0 atom stereocenters. The Hall–Kier alpha value is -1.92. The first-order chi connectivity index (χ1) is 10.5. The highest BCUT2D eigenvalue weighted by Gasteiger charge is 2.10. The summed E-state index contributed by atoms with van der Waals surface area (Å²) < 4.78 is 0. The summed E-state index contributed by atoms with van der Waals surface area (Å²) in [6.07, 6.45) is 0.324. The number of rotatable bonds is 5. The Kier molecular flexibility index (Phi) is 5.91. The predicted molar refractivity (Wildman–Crippen MR) is 87.2 cm³/mol. The second-order valence-electron chi connectivity index (χ2n) is 4.44. The van der Waals surface area contributed by atoms with Gasteiger partial charge in [0.1, 0.15) is 11.5 Å². The smallest absolute Gasteiger partial charge is 0.194 e. The summed E-state index contributed by atoms with van der Waals surface area (Å²) in [5.41, 5.74) is 0. The number of thioether (sulfide) groups is 2. The molecule has 0 saturated carbocycles. The molecule has 0 fully saturated rings. The molecule has 4 nitrogen and oxygen atoms in total. The summed E-state index contributed by atoms with van der Waals surface area (Å²) >= 11 is 2.12. The molecule has 6 heteroatoms. The third kappa shape index (κ3) is 5.46. The highest BCUT2D eigenvalue weighted by molar-refractivity contribution is 8.14. The first-order valence-corrected chi connectivity index (χ1v) is 8.15. The molecule has 0 unspecified atom stereocenters. The fraction of sp³-hybridized carbons (Fsp3) is 0.125. The van der Waals surface area contributed by atoms with Crippen molar-refractivity contribution in [3.63, 3.8) is 0 Å². The van der Waals surface area contributed by atoms with Crippen LogP contribution in [0.3, 0.4) is 0 Å². The third-order valence-corrected chi connectivity index (χ3v) is 4.55. The lowest BCUT2D eigenvalue weighted by molar-refractivity contribution is -0.115. The van der Waals surface area contributed by atoms with Gasteiger partial charge in [0, 0.05) is 22.6 Å². The Morgan fingerprint density at radius 1 is 0.682 bits per heavy atom. The van der Waals surface area contributed by atoms with Crippen LogP contribution in [0.15, 0.2) is 58.3 Å². The predicted octanol–water partition coefficient (Wildman–Crippen LogP) is 3.82. The molecule has 2 N–H and O–H groups in total. The Balaban J connectivity index is 1.76. The Bertz CT molecular complexity index is 591. The molecule has 2 rings (SSSR count). The topological polar surface area (TPSA) is 74.6 Å². The zero-order chi connectivity index (χ0) is 15.9. The summed E-state index contributed by atoms with van der Waals surface area (Å²) in [4.78, 5) is 25.1. The van der Waals surface area contributed by atoms with E-state index in [1.165, 1.54) is 24.3 Å². The van der Waals surface area contributed by atoms with Crippen LogP contribution < -0.4 is 0 Å². The average Bonchev–Trinajstić information content (AvgIpc) is 2.50. The van der Waals surface area contributed by atoms with Crippen LogP contribution in [0.1, 0.15) is 12.8 Å². The van der Waals surface area contributed by atoms with E-state index < -0.39 is 0 Å². The monoisotopic (exact) mass is 334 g/mol. The highest BCUT2D eigenvalue weighted by atomic mass is 32.2. The third-order valence-electron chi connectivity index (χ3n) is 2.67. The van der Waals surface area contributed by atoms with Gasteiger partial charge in [-0.15, -0.1) is 0 Å². The van der Waals surface area contributed by atoms with E-state index in [1.54, 1.807) is 24.3 Å². The van der Waals surface area contributed by atoms with Crippen molar-refractivity contribution >= 4 is 33.8 Å². The normalized spacial score (nSPS) is 10.4. The van der Waals surface area contributed by atoms with E-state index >= 15 is 0 Å². The standard InChI is InChI=1S/C16H14O4S2/c17-11-1-5-13(6-2-11)21-15(19)9-10-16(20)22-14-7-3-12(18)4-8-14/h1-8,17-18H,9-10H2. The highest BCUT2D eigenvalue weighted by Crippen LogP contribution is 2.26. The fourth-order valence-electron chi connectivity index (χ4n) is 1.60. The molecular weight excluding hydrogens is 320 g/mol. The molecule has 0 radical (unpaired) electrons. The van der Waals surface area contributed by atoms with Crippen LogP contribution >= 0.6 is 23.5 Å². The first-order valence-electron chi connectivity index (χ1n) is 6.52. The molecule has 2 aromatic rings.